The van der Waals surface area contributed by atoms with E-state index in [1.165, 1.54) is 19.1 Å². The first kappa shape index (κ1) is 18.6. The van der Waals surface area contributed by atoms with Crippen LogP contribution in [0.5, 0.6) is 0 Å². The standard InChI is InChI=1S/C19H22FN3O2/c1-14(24)22-17-3-2-4-18(13-17)23-19(25)10-12-21-11-9-15-5-7-16(20)8-6-15/h2-8,13,21H,9-12H2,1H3,(H,22,24)(H,23,25). The minimum Gasteiger partial charge on any atom is -0.326 e. The lowest BCUT2D eigenvalue weighted by molar-refractivity contribution is -0.116. The van der Waals surface area contributed by atoms with Crippen molar-refractivity contribution in [2.45, 2.75) is 19.8 Å². The predicted molar refractivity (Wildman–Crippen MR) is 97.0 cm³/mol. The average Bonchev–Trinajstić information content (AvgIpc) is 2.56. The molecule has 0 bridgehead atoms. The summed E-state index contributed by atoms with van der Waals surface area (Å²) in [6.07, 6.45) is 1.12. The predicted octanol–water partition coefficient (Wildman–Crippen LogP) is 2.95. The van der Waals surface area contributed by atoms with E-state index in [4.69, 9.17) is 0 Å². The highest BCUT2D eigenvalue weighted by atomic mass is 19.1. The van der Waals surface area contributed by atoms with Crippen LogP contribution in [0.15, 0.2) is 48.5 Å². The van der Waals surface area contributed by atoms with Crippen LogP contribution in [0.25, 0.3) is 0 Å². The molecule has 0 aromatic heterocycles. The number of benzene rings is 2. The topological polar surface area (TPSA) is 70.2 Å². The van der Waals surface area contributed by atoms with E-state index in [0.29, 0.717) is 24.3 Å². The molecule has 2 aromatic rings. The molecular weight excluding hydrogens is 321 g/mol. The molecule has 2 amide bonds. The summed E-state index contributed by atoms with van der Waals surface area (Å²) in [6.45, 7) is 2.71. The number of nitrogens with one attached hydrogen (secondary N) is 3. The van der Waals surface area contributed by atoms with Gasteiger partial charge in [0, 0.05) is 31.3 Å². The second kappa shape index (κ2) is 9.54. The molecule has 0 aliphatic heterocycles. The van der Waals surface area contributed by atoms with Gasteiger partial charge in [0.25, 0.3) is 0 Å². The van der Waals surface area contributed by atoms with Gasteiger partial charge in [-0.05, 0) is 48.9 Å². The van der Waals surface area contributed by atoms with E-state index in [1.54, 1.807) is 36.4 Å². The molecule has 0 unspecified atom stereocenters. The van der Waals surface area contributed by atoms with Crippen LogP contribution in [-0.2, 0) is 16.0 Å². The van der Waals surface area contributed by atoms with E-state index in [1.807, 2.05) is 0 Å². The number of halogens is 1. The van der Waals surface area contributed by atoms with E-state index in [9.17, 15) is 14.0 Å². The van der Waals surface area contributed by atoms with Gasteiger partial charge in [-0.2, -0.15) is 0 Å². The van der Waals surface area contributed by atoms with Crippen LogP contribution in [0.2, 0.25) is 0 Å². The first-order chi connectivity index (χ1) is 12.0. The average molecular weight is 343 g/mol. The molecule has 132 valence electrons. The van der Waals surface area contributed by atoms with E-state index in [-0.39, 0.29) is 17.6 Å². The van der Waals surface area contributed by atoms with E-state index in [2.05, 4.69) is 16.0 Å². The maximum atomic E-state index is 12.8. The lowest BCUT2D eigenvalue weighted by Gasteiger charge is -2.08. The summed E-state index contributed by atoms with van der Waals surface area (Å²) in [5.41, 5.74) is 2.33. The fraction of sp³-hybridized carbons (Fsp3) is 0.263. The molecule has 0 aliphatic rings. The van der Waals surface area contributed by atoms with Crippen LogP contribution in [0.1, 0.15) is 18.9 Å². The summed E-state index contributed by atoms with van der Waals surface area (Å²) >= 11 is 0. The number of rotatable bonds is 8. The van der Waals surface area contributed by atoms with Crippen molar-refractivity contribution in [1.29, 1.82) is 0 Å². The Morgan fingerprint density at radius 3 is 2.32 bits per heavy atom. The summed E-state index contributed by atoms with van der Waals surface area (Å²) in [4.78, 5) is 23.0. The first-order valence-electron chi connectivity index (χ1n) is 8.15. The van der Waals surface area contributed by atoms with Gasteiger partial charge in [0.05, 0.1) is 0 Å². The monoisotopic (exact) mass is 343 g/mol. The normalized spacial score (nSPS) is 10.3. The van der Waals surface area contributed by atoms with Crippen LogP contribution in [-0.4, -0.2) is 24.9 Å². The molecule has 0 atom stereocenters. The minimum absolute atomic E-state index is 0.103. The van der Waals surface area contributed by atoms with Crippen molar-refractivity contribution in [1.82, 2.24) is 5.32 Å². The molecule has 0 spiro atoms. The number of anilines is 2. The summed E-state index contributed by atoms with van der Waals surface area (Å²) in [5.74, 6) is -0.501. The molecule has 0 heterocycles. The van der Waals surface area contributed by atoms with Crippen molar-refractivity contribution < 1.29 is 14.0 Å². The van der Waals surface area contributed by atoms with Crippen LogP contribution in [0, 0.1) is 5.82 Å². The van der Waals surface area contributed by atoms with E-state index < -0.39 is 0 Å². The number of hydrogen-bond donors (Lipinski definition) is 3. The summed E-state index contributed by atoms with van der Waals surface area (Å²) in [6, 6.07) is 13.4. The summed E-state index contributed by atoms with van der Waals surface area (Å²) < 4.78 is 12.8. The molecule has 0 aliphatic carbocycles. The fourth-order valence-corrected chi connectivity index (χ4v) is 2.31. The van der Waals surface area contributed by atoms with Gasteiger partial charge in [-0.15, -0.1) is 0 Å². The van der Waals surface area contributed by atoms with Crippen molar-refractivity contribution >= 4 is 23.2 Å². The Morgan fingerprint density at radius 2 is 1.64 bits per heavy atom. The van der Waals surface area contributed by atoms with Crippen LogP contribution < -0.4 is 16.0 Å². The SMILES string of the molecule is CC(=O)Nc1cccc(NC(=O)CCNCCc2ccc(F)cc2)c1. The Bertz CT molecular complexity index is 717. The Kier molecular flexibility index (Phi) is 7.10. The van der Waals surface area contributed by atoms with Crippen molar-refractivity contribution in [3.63, 3.8) is 0 Å². The van der Waals surface area contributed by atoms with Crippen LogP contribution in [0.4, 0.5) is 15.8 Å². The number of carbonyl (C=O) groups is 2. The van der Waals surface area contributed by atoms with Crippen LogP contribution >= 0.6 is 0 Å². The van der Waals surface area contributed by atoms with Crippen LogP contribution in [0.3, 0.4) is 0 Å². The third-order valence-corrected chi connectivity index (χ3v) is 3.50. The molecule has 0 saturated carbocycles. The Morgan fingerprint density at radius 1 is 0.960 bits per heavy atom. The van der Waals surface area contributed by atoms with Gasteiger partial charge in [-0.25, -0.2) is 4.39 Å². The van der Waals surface area contributed by atoms with Gasteiger partial charge in [0.1, 0.15) is 5.82 Å². The number of amides is 2. The van der Waals surface area contributed by atoms with Gasteiger partial charge in [-0.1, -0.05) is 18.2 Å². The van der Waals surface area contributed by atoms with Gasteiger partial charge in [-0.3, -0.25) is 9.59 Å². The maximum Gasteiger partial charge on any atom is 0.225 e. The number of hydrogen-bond acceptors (Lipinski definition) is 3. The van der Waals surface area contributed by atoms with Gasteiger partial charge in [0.2, 0.25) is 11.8 Å². The number of carbonyl (C=O) groups excluding carboxylic acids is 2. The summed E-state index contributed by atoms with van der Waals surface area (Å²) in [5, 5.41) is 8.66. The third kappa shape index (κ3) is 7.14. The Hall–Kier alpha value is -2.73. The molecule has 0 fully saturated rings. The van der Waals surface area contributed by atoms with Crippen molar-refractivity contribution in [2.75, 3.05) is 23.7 Å². The maximum absolute atomic E-state index is 12.8. The van der Waals surface area contributed by atoms with Crippen molar-refractivity contribution in [2.24, 2.45) is 0 Å². The third-order valence-electron chi connectivity index (χ3n) is 3.50. The second-order valence-electron chi connectivity index (χ2n) is 5.69. The van der Waals surface area contributed by atoms with E-state index in [0.717, 1.165) is 18.5 Å². The highest BCUT2D eigenvalue weighted by Gasteiger charge is 2.03. The van der Waals surface area contributed by atoms with Crippen molar-refractivity contribution in [3.05, 3.63) is 59.9 Å². The van der Waals surface area contributed by atoms with Crippen molar-refractivity contribution in [3.8, 4) is 0 Å². The zero-order valence-corrected chi connectivity index (χ0v) is 14.1. The smallest absolute Gasteiger partial charge is 0.225 e. The first-order valence-corrected chi connectivity index (χ1v) is 8.15. The zero-order valence-electron chi connectivity index (χ0n) is 14.1. The minimum atomic E-state index is -0.240. The summed E-state index contributed by atoms with van der Waals surface area (Å²) in [7, 11) is 0. The quantitative estimate of drug-likeness (QED) is 0.646. The largest absolute Gasteiger partial charge is 0.326 e. The van der Waals surface area contributed by atoms with Gasteiger partial charge in [0.15, 0.2) is 0 Å². The molecule has 0 saturated heterocycles. The molecule has 5 nitrogen and oxygen atoms in total. The van der Waals surface area contributed by atoms with Gasteiger partial charge >= 0.3 is 0 Å². The van der Waals surface area contributed by atoms with Gasteiger partial charge < -0.3 is 16.0 Å². The molecule has 25 heavy (non-hydrogen) atoms. The van der Waals surface area contributed by atoms with E-state index >= 15 is 0 Å². The molecular formula is C19H22FN3O2. The lowest BCUT2D eigenvalue weighted by Crippen LogP contribution is -2.23. The molecule has 2 aromatic carbocycles. The molecule has 2 rings (SSSR count). The highest BCUT2D eigenvalue weighted by Crippen LogP contribution is 2.15. The molecule has 6 heteroatoms. The second-order valence-corrected chi connectivity index (χ2v) is 5.69. The fourth-order valence-electron chi connectivity index (χ4n) is 2.31. The Balaban J connectivity index is 1.67. The molecule has 0 radical (unpaired) electrons. The highest BCUT2D eigenvalue weighted by molar-refractivity contribution is 5.93. The lowest BCUT2D eigenvalue weighted by atomic mass is 10.1. The molecule has 3 N–H and O–H groups in total. The zero-order chi connectivity index (χ0) is 18.1. The Labute approximate surface area is 146 Å².